The summed E-state index contributed by atoms with van der Waals surface area (Å²) in [5, 5.41) is 0. The van der Waals surface area contributed by atoms with Crippen LogP contribution in [0.1, 0.15) is 182 Å². The number of esters is 2. The smallest absolute Gasteiger partial charge is 0.349 e. The third-order valence-corrected chi connectivity index (χ3v) is 18.1. The van der Waals surface area contributed by atoms with Crippen LogP contribution in [0.25, 0.3) is 0 Å². The minimum Gasteiger partial charge on any atom is -0.462 e. The molecule has 4 nitrogen and oxygen atoms in total. The van der Waals surface area contributed by atoms with Crippen LogP contribution in [0.3, 0.4) is 0 Å². The van der Waals surface area contributed by atoms with Crippen LogP contribution < -0.4 is 0 Å². The molecule has 10 aliphatic carbocycles. The zero-order valence-corrected chi connectivity index (χ0v) is 35.2. The molecule has 0 aromatic rings. The van der Waals surface area contributed by atoms with Gasteiger partial charge in [0.25, 0.3) is 0 Å². The lowest BCUT2D eigenvalue weighted by molar-refractivity contribution is -0.380. The van der Waals surface area contributed by atoms with E-state index in [1.165, 1.54) is 65.2 Å². The van der Waals surface area contributed by atoms with Gasteiger partial charge in [-0.05, 0) is 164 Å². The van der Waals surface area contributed by atoms with E-state index >= 15 is 0 Å². The number of halogens is 8. The van der Waals surface area contributed by atoms with Crippen molar-refractivity contribution >= 4 is 11.9 Å². The van der Waals surface area contributed by atoms with Crippen molar-refractivity contribution < 1.29 is 54.2 Å². The van der Waals surface area contributed by atoms with E-state index in [1.54, 1.807) is 0 Å². The number of ether oxygens (including phenoxy) is 2. The first-order valence-electron chi connectivity index (χ1n) is 23.0. The topological polar surface area (TPSA) is 52.6 Å². The highest BCUT2D eigenvalue weighted by Gasteiger charge is 2.83. The van der Waals surface area contributed by atoms with Crippen LogP contribution in [0.2, 0.25) is 0 Å². The fourth-order valence-corrected chi connectivity index (χ4v) is 13.1. The minimum absolute atomic E-state index is 0.0320. The van der Waals surface area contributed by atoms with Gasteiger partial charge in [-0.2, -0.15) is 35.1 Å². The van der Waals surface area contributed by atoms with Gasteiger partial charge in [0.1, 0.15) is 11.5 Å². The maximum absolute atomic E-state index is 14.9. The molecule has 0 N–H and O–H groups in total. The summed E-state index contributed by atoms with van der Waals surface area (Å²) < 4.78 is 128. The zero-order chi connectivity index (χ0) is 42.2. The summed E-state index contributed by atoms with van der Waals surface area (Å²) in [7, 11) is 0. The Bertz CT molecular complexity index is 1470. The summed E-state index contributed by atoms with van der Waals surface area (Å²) in [5.41, 5.74) is -8.12. The van der Waals surface area contributed by atoms with E-state index in [2.05, 4.69) is 13.8 Å². The molecule has 0 spiro atoms. The van der Waals surface area contributed by atoms with Crippen molar-refractivity contribution in [3.63, 3.8) is 0 Å². The molecule has 10 saturated carbocycles. The quantitative estimate of drug-likeness (QED) is 0.198. The normalized spacial score (nSPS) is 46.3. The molecule has 58 heavy (non-hydrogen) atoms. The maximum Gasteiger partial charge on any atom is 0.349 e. The number of fused-ring (bicyclic) bond motifs is 6. The molecule has 0 radical (unpaired) electrons. The van der Waals surface area contributed by atoms with Gasteiger partial charge in [0, 0.05) is 10.8 Å². The van der Waals surface area contributed by atoms with Gasteiger partial charge in [0.2, 0.25) is 0 Å². The van der Waals surface area contributed by atoms with Gasteiger partial charge in [-0.15, -0.1) is 0 Å². The molecule has 10 aliphatic rings. The van der Waals surface area contributed by atoms with Crippen LogP contribution >= 0.6 is 0 Å². The molecular formula is C46H68F8O4. The second-order valence-corrected chi connectivity index (χ2v) is 21.5. The highest BCUT2D eigenvalue weighted by Crippen LogP contribution is 2.71. The monoisotopic (exact) mass is 836 g/mol. The summed E-state index contributed by atoms with van der Waals surface area (Å²) in [6.45, 7) is 7.05. The average Bonchev–Trinajstić information content (AvgIpc) is 3.19. The number of hydrogen-bond donors (Lipinski definition) is 0. The van der Waals surface area contributed by atoms with Gasteiger partial charge in [-0.25, -0.2) is 0 Å². The number of rotatable bonds is 6. The van der Waals surface area contributed by atoms with Gasteiger partial charge >= 0.3 is 35.6 Å². The lowest BCUT2D eigenvalue weighted by Crippen LogP contribution is -2.73. The summed E-state index contributed by atoms with van der Waals surface area (Å²) >= 11 is 0. The van der Waals surface area contributed by atoms with Gasteiger partial charge in [-0.3, -0.25) is 9.59 Å². The molecule has 10 rings (SSSR count). The van der Waals surface area contributed by atoms with Gasteiger partial charge < -0.3 is 9.47 Å². The van der Waals surface area contributed by atoms with Crippen molar-refractivity contribution in [2.45, 2.75) is 217 Å². The lowest BCUT2D eigenvalue weighted by Gasteiger charge is -2.59. The van der Waals surface area contributed by atoms with Crippen LogP contribution in [0.15, 0.2) is 0 Å². The van der Waals surface area contributed by atoms with Crippen molar-refractivity contribution in [1.29, 1.82) is 0 Å². The highest BCUT2D eigenvalue weighted by atomic mass is 19.3. The van der Waals surface area contributed by atoms with Crippen LogP contribution in [0.4, 0.5) is 35.1 Å². The second kappa shape index (κ2) is 15.6. The first-order chi connectivity index (χ1) is 27.0. The Morgan fingerprint density at radius 3 is 1.24 bits per heavy atom. The summed E-state index contributed by atoms with van der Waals surface area (Å²) in [6, 6.07) is 0. The van der Waals surface area contributed by atoms with Crippen LogP contribution in [-0.2, 0) is 19.1 Å². The first kappa shape index (κ1) is 44.4. The molecule has 0 unspecified atom stereocenters. The van der Waals surface area contributed by atoms with Crippen LogP contribution in [0.5, 0.6) is 0 Å². The molecule has 0 atom stereocenters. The van der Waals surface area contributed by atoms with Crippen molar-refractivity contribution in [2.24, 2.45) is 57.7 Å². The van der Waals surface area contributed by atoms with E-state index in [9.17, 15) is 44.7 Å². The molecule has 332 valence electrons. The third kappa shape index (κ3) is 7.13. The van der Waals surface area contributed by atoms with Crippen molar-refractivity contribution in [1.82, 2.24) is 0 Å². The molecule has 0 aromatic carbocycles. The molecule has 4 bridgehead atoms. The van der Waals surface area contributed by atoms with Gasteiger partial charge in [0.05, 0.1) is 5.92 Å². The molecule has 0 aromatic heterocycles. The Balaban J connectivity index is 0.000000177. The summed E-state index contributed by atoms with van der Waals surface area (Å²) in [4.78, 5) is 25.6. The zero-order valence-electron chi connectivity index (χ0n) is 35.2. The summed E-state index contributed by atoms with van der Waals surface area (Å²) in [5.74, 6) is -14.9. The standard InChI is InChI=1S/2C23H34F4O2/c1-15-3-5-16(6-4-15)17-7-9-18(10-8-17)29-19(28)21-13-11-20(2,12-14-21)22(24,25)23(21,26)27;1-15-3-5-16(6-4-15)17-7-9-18(10-8-17)19(28)29-21-13-11-20(2,12-14-21)22(24,25)23(21,26)27/h2*15-18H,3-14H2,1-2H3. The van der Waals surface area contributed by atoms with E-state index in [-0.39, 0.29) is 51.4 Å². The van der Waals surface area contributed by atoms with Gasteiger partial charge in [-0.1, -0.05) is 53.4 Å². The van der Waals surface area contributed by atoms with Crippen LogP contribution in [-0.4, -0.2) is 47.3 Å². The fourth-order valence-electron chi connectivity index (χ4n) is 13.1. The van der Waals surface area contributed by atoms with E-state index in [0.29, 0.717) is 43.4 Å². The minimum atomic E-state index is -4.35. The Labute approximate surface area is 340 Å². The predicted molar refractivity (Wildman–Crippen MR) is 204 cm³/mol. The predicted octanol–water partition coefficient (Wildman–Crippen LogP) is 13.5. The van der Waals surface area contributed by atoms with Crippen molar-refractivity contribution in [3.8, 4) is 0 Å². The molecule has 0 heterocycles. The molecule has 12 heteroatoms. The number of carbonyl (C=O) groups excluding carboxylic acids is 2. The summed E-state index contributed by atoms with van der Waals surface area (Å²) in [6.07, 6.45) is 15.0. The molecule has 0 saturated heterocycles. The largest absolute Gasteiger partial charge is 0.462 e. The number of hydrogen-bond acceptors (Lipinski definition) is 4. The molecule has 10 fully saturated rings. The average molecular weight is 837 g/mol. The maximum atomic E-state index is 14.9. The van der Waals surface area contributed by atoms with E-state index in [1.807, 2.05) is 0 Å². The highest BCUT2D eigenvalue weighted by molar-refractivity contribution is 5.79. The van der Waals surface area contributed by atoms with Crippen LogP contribution in [0, 0.1) is 57.7 Å². The second-order valence-electron chi connectivity index (χ2n) is 21.5. The van der Waals surface area contributed by atoms with E-state index < -0.39 is 69.5 Å². The molecule has 0 amide bonds. The van der Waals surface area contributed by atoms with E-state index in [0.717, 1.165) is 43.4 Å². The SMILES string of the molecule is CC1CCC(C2CCC(C(=O)OC34CCC(C)(CC3)C(F)(F)C4(F)F)CC2)CC1.CC1CCC(C2CCC(OC(=O)C34CCC(C)(CC3)C(F)(F)C4(F)F)CC2)CC1. The third-order valence-electron chi connectivity index (χ3n) is 18.1. The Morgan fingerprint density at radius 2 is 0.810 bits per heavy atom. The fraction of sp³-hybridized carbons (Fsp3) is 0.957. The number of alkyl halides is 8. The lowest BCUT2D eigenvalue weighted by atomic mass is 9.50. The number of carbonyl (C=O) groups is 2. The Hall–Kier alpha value is -1.62. The molecule has 0 aliphatic heterocycles. The van der Waals surface area contributed by atoms with Gasteiger partial charge in [0.15, 0.2) is 5.60 Å². The Kier molecular flexibility index (Phi) is 12.0. The Morgan fingerprint density at radius 1 is 0.448 bits per heavy atom. The molecular weight excluding hydrogens is 768 g/mol. The van der Waals surface area contributed by atoms with E-state index in [4.69, 9.17) is 9.47 Å². The first-order valence-corrected chi connectivity index (χ1v) is 23.0. The van der Waals surface area contributed by atoms with Crippen molar-refractivity contribution in [2.75, 3.05) is 0 Å². The van der Waals surface area contributed by atoms with Crippen molar-refractivity contribution in [3.05, 3.63) is 0 Å².